The zero-order chi connectivity index (χ0) is 14.9. The molecule has 0 saturated heterocycles. The Bertz CT molecular complexity index is 735. The smallest absolute Gasteiger partial charge is 0.263 e. The molecule has 5 nitrogen and oxygen atoms in total. The van der Waals surface area contributed by atoms with Gasteiger partial charge in [-0.3, -0.25) is 4.72 Å². The zero-order valence-electron chi connectivity index (χ0n) is 11.6. The van der Waals surface area contributed by atoms with Gasteiger partial charge < -0.3 is 5.73 Å². The molecule has 2 rings (SSSR count). The van der Waals surface area contributed by atoms with Gasteiger partial charge in [-0.25, -0.2) is 13.4 Å². The molecular weight excluding hydrogens is 274 g/mol. The van der Waals surface area contributed by atoms with Crippen LogP contribution in [0, 0.1) is 20.8 Å². The minimum absolute atomic E-state index is 0.126. The number of nitrogens with two attached hydrogens (primary N) is 1. The lowest BCUT2D eigenvalue weighted by Gasteiger charge is -2.10. The Hall–Kier alpha value is -2.08. The first kappa shape index (κ1) is 14.3. The molecule has 0 amide bonds. The molecule has 1 aromatic carbocycles. The number of rotatable bonds is 3. The fourth-order valence-electron chi connectivity index (χ4n) is 1.88. The van der Waals surface area contributed by atoms with Crippen LogP contribution in [0.25, 0.3) is 0 Å². The Labute approximate surface area is 118 Å². The van der Waals surface area contributed by atoms with Crippen molar-refractivity contribution in [2.24, 2.45) is 0 Å². The van der Waals surface area contributed by atoms with Crippen LogP contribution < -0.4 is 10.5 Å². The lowest BCUT2D eigenvalue weighted by Crippen LogP contribution is -2.14. The van der Waals surface area contributed by atoms with Gasteiger partial charge in [0.05, 0.1) is 4.90 Å². The van der Waals surface area contributed by atoms with Crippen LogP contribution in [-0.4, -0.2) is 13.4 Å². The molecule has 0 bridgehead atoms. The number of nitrogens with zero attached hydrogens (tertiary/aromatic N) is 1. The Morgan fingerprint density at radius 3 is 2.40 bits per heavy atom. The van der Waals surface area contributed by atoms with Gasteiger partial charge in [-0.1, -0.05) is 6.07 Å². The summed E-state index contributed by atoms with van der Waals surface area (Å²) in [6.07, 6.45) is 0. The molecule has 0 aliphatic heterocycles. The van der Waals surface area contributed by atoms with E-state index in [-0.39, 0.29) is 4.90 Å². The molecule has 2 aromatic rings. The lowest BCUT2D eigenvalue weighted by molar-refractivity contribution is 0.601. The normalized spacial score (nSPS) is 11.3. The number of anilines is 2. The fourth-order valence-corrected chi connectivity index (χ4v) is 2.90. The van der Waals surface area contributed by atoms with E-state index in [1.165, 1.54) is 12.1 Å². The van der Waals surface area contributed by atoms with Crippen molar-refractivity contribution < 1.29 is 8.42 Å². The highest BCUT2D eigenvalue weighted by molar-refractivity contribution is 7.92. The monoisotopic (exact) mass is 291 g/mol. The van der Waals surface area contributed by atoms with Gasteiger partial charge >= 0.3 is 0 Å². The molecule has 0 radical (unpaired) electrons. The van der Waals surface area contributed by atoms with Crippen LogP contribution in [0.1, 0.15) is 16.8 Å². The highest BCUT2D eigenvalue weighted by atomic mass is 32.2. The van der Waals surface area contributed by atoms with Gasteiger partial charge in [-0.2, -0.15) is 0 Å². The van der Waals surface area contributed by atoms with E-state index in [1.54, 1.807) is 12.1 Å². The third-order valence-corrected chi connectivity index (χ3v) is 4.25. The van der Waals surface area contributed by atoms with Gasteiger partial charge in [0.25, 0.3) is 10.0 Å². The summed E-state index contributed by atoms with van der Waals surface area (Å²) < 4.78 is 27.0. The molecule has 1 heterocycles. The SMILES string of the molecule is Cc1cc(C)nc(NS(=O)(=O)c2ccc(C)c(N)c2)c1. The number of aromatic nitrogens is 1. The van der Waals surface area contributed by atoms with Gasteiger partial charge in [0.2, 0.25) is 0 Å². The molecule has 1 aromatic heterocycles. The minimum atomic E-state index is -3.68. The largest absolute Gasteiger partial charge is 0.398 e. The maximum absolute atomic E-state index is 12.3. The van der Waals surface area contributed by atoms with Crippen LogP contribution in [0.3, 0.4) is 0 Å². The topological polar surface area (TPSA) is 85.1 Å². The average molecular weight is 291 g/mol. The Morgan fingerprint density at radius 2 is 1.80 bits per heavy atom. The van der Waals surface area contributed by atoms with E-state index in [0.29, 0.717) is 11.5 Å². The lowest BCUT2D eigenvalue weighted by atomic mass is 10.2. The van der Waals surface area contributed by atoms with Crippen LogP contribution >= 0.6 is 0 Å². The number of hydrogen-bond acceptors (Lipinski definition) is 4. The predicted molar refractivity (Wildman–Crippen MR) is 80.1 cm³/mol. The van der Waals surface area contributed by atoms with Crippen molar-refractivity contribution in [1.29, 1.82) is 0 Å². The number of sulfonamides is 1. The summed E-state index contributed by atoms with van der Waals surface area (Å²) in [5.74, 6) is 0.307. The van der Waals surface area contributed by atoms with E-state index < -0.39 is 10.0 Å². The van der Waals surface area contributed by atoms with Crippen molar-refractivity contribution in [2.45, 2.75) is 25.7 Å². The third-order valence-electron chi connectivity index (χ3n) is 2.90. The summed E-state index contributed by atoms with van der Waals surface area (Å²) >= 11 is 0. The predicted octanol–water partition coefficient (Wildman–Crippen LogP) is 2.39. The Kier molecular flexibility index (Phi) is 3.67. The summed E-state index contributed by atoms with van der Waals surface area (Å²) in [5, 5.41) is 0. The molecular formula is C14H17N3O2S. The van der Waals surface area contributed by atoms with Crippen molar-refractivity contribution in [3.63, 3.8) is 0 Å². The molecule has 6 heteroatoms. The van der Waals surface area contributed by atoms with Crippen molar-refractivity contribution in [3.05, 3.63) is 47.2 Å². The molecule has 0 aliphatic carbocycles. The summed E-state index contributed by atoms with van der Waals surface area (Å²) in [4.78, 5) is 4.29. The van der Waals surface area contributed by atoms with Crippen molar-refractivity contribution >= 4 is 21.5 Å². The first-order chi connectivity index (χ1) is 9.28. The standard InChI is InChI=1S/C14H17N3O2S/c1-9-6-11(3)16-14(7-9)17-20(18,19)12-5-4-10(2)13(15)8-12/h4-8H,15H2,1-3H3,(H,16,17). The van der Waals surface area contributed by atoms with Crippen molar-refractivity contribution in [2.75, 3.05) is 10.5 Å². The molecule has 0 fully saturated rings. The third kappa shape index (κ3) is 3.08. The first-order valence-corrected chi connectivity index (χ1v) is 7.60. The van der Waals surface area contributed by atoms with Crippen molar-refractivity contribution in [1.82, 2.24) is 4.98 Å². The van der Waals surface area contributed by atoms with E-state index in [1.807, 2.05) is 26.8 Å². The van der Waals surface area contributed by atoms with Crippen LogP contribution in [-0.2, 0) is 10.0 Å². The van der Waals surface area contributed by atoms with E-state index >= 15 is 0 Å². The average Bonchev–Trinajstić information content (AvgIpc) is 2.30. The van der Waals surface area contributed by atoms with Gasteiger partial charge in [-0.05, 0) is 56.2 Å². The number of pyridine rings is 1. The van der Waals surface area contributed by atoms with Gasteiger partial charge in [0.1, 0.15) is 5.82 Å². The summed E-state index contributed by atoms with van der Waals surface area (Å²) in [7, 11) is -3.68. The molecule has 0 atom stereocenters. The maximum atomic E-state index is 12.3. The second kappa shape index (κ2) is 5.13. The maximum Gasteiger partial charge on any atom is 0.263 e. The zero-order valence-corrected chi connectivity index (χ0v) is 12.5. The van der Waals surface area contributed by atoms with Crippen molar-refractivity contribution in [3.8, 4) is 0 Å². The van der Waals surface area contributed by atoms with Crippen LogP contribution in [0.5, 0.6) is 0 Å². The fraction of sp³-hybridized carbons (Fsp3) is 0.214. The Balaban J connectivity index is 2.37. The molecule has 20 heavy (non-hydrogen) atoms. The molecule has 3 N–H and O–H groups in total. The summed E-state index contributed by atoms with van der Waals surface area (Å²) in [6.45, 7) is 5.52. The second-order valence-corrected chi connectivity index (χ2v) is 6.48. The summed E-state index contributed by atoms with van der Waals surface area (Å²) in [6, 6.07) is 8.21. The quantitative estimate of drug-likeness (QED) is 0.850. The van der Waals surface area contributed by atoms with E-state index in [2.05, 4.69) is 9.71 Å². The van der Waals surface area contributed by atoms with Crippen LogP contribution in [0.15, 0.2) is 35.2 Å². The van der Waals surface area contributed by atoms with Gasteiger partial charge in [-0.15, -0.1) is 0 Å². The van der Waals surface area contributed by atoms with E-state index in [0.717, 1.165) is 16.8 Å². The first-order valence-electron chi connectivity index (χ1n) is 6.12. The van der Waals surface area contributed by atoms with Crippen LogP contribution in [0.4, 0.5) is 11.5 Å². The molecule has 0 spiro atoms. The highest BCUT2D eigenvalue weighted by Gasteiger charge is 2.16. The van der Waals surface area contributed by atoms with E-state index in [4.69, 9.17) is 5.73 Å². The molecule has 106 valence electrons. The number of nitrogen functional groups attached to an aromatic ring is 1. The number of benzene rings is 1. The molecule has 0 unspecified atom stereocenters. The summed E-state index contributed by atoms with van der Waals surface area (Å²) in [5.41, 5.74) is 8.74. The van der Waals surface area contributed by atoms with Gasteiger partial charge in [0.15, 0.2) is 0 Å². The highest BCUT2D eigenvalue weighted by Crippen LogP contribution is 2.20. The minimum Gasteiger partial charge on any atom is -0.398 e. The second-order valence-electron chi connectivity index (χ2n) is 4.80. The van der Waals surface area contributed by atoms with Crippen LogP contribution in [0.2, 0.25) is 0 Å². The Morgan fingerprint density at radius 1 is 1.10 bits per heavy atom. The van der Waals surface area contributed by atoms with E-state index in [9.17, 15) is 8.42 Å². The molecule has 0 aliphatic rings. The number of nitrogens with one attached hydrogen (secondary N) is 1. The molecule has 0 saturated carbocycles. The van der Waals surface area contributed by atoms with Gasteiger partial charge in [0, 0.05) is 11.4 Å². The number of hydrogen-bond donors (Lipinski definition) is 2. The number of aryl methyl sites for hydroxylation is 3.